The van der Waals surface area contributed by atoms with Crippen LogP contribution in [0.2, 0.25) is 0 Å². The number of piperidine rings is 1. The van der Waals surface area contributed by atoms with Gasteiger partial charge in [-0.1, -0.05) is 12.8 Å². The molecule has 4 atom stereocenters. The van der Waals surface area contributed by atoms with Crippen molar-refractivity contribution in [3.8, 4) is 0 Å². The Balaban J connectivity index is 1.80. The average molecular weight is 151 g/mol. The van der Waals surface area contributed by atoms with Crippen LogP contribution in [-0.4, -0.2) is 12.6 Å². The molecule has 11 heavy (non-hydrogen) atoms. The van der Waals surface area contributed by atoms with E-state index >= 15 is 0 Å². The normalized spacial score (nSPS) is 54.5. The zero-order valence-corrected chi connectivity index (χ0v) is 7.05. The van der Waals surface area contributed by atoms with E-state index in [-0.39, 0.29) is 0 Å². The lowest BCUT2D eigenvalue weighted by Crippen LogP contribution is -2.57. The smallest absolute Gasteiger partial charge is 0.0101 e. The van der Waals surface area contributed by atoms with E-state index in [9.17, 15) is 0 Å². The van der Waals surface area contributed by atoms with Crippen molar-refractivity contribution in [3.63, 3.8) is 0 Å². The maximum Gasteiger partial charge on any atom is 0.0101 e. The Hall–Kier alpha value is -0.0400. The number of hydrogen-bond acceptors (Lipinski definition) is 1. The molecule has 1 heterocycles. The Morgan fingerprint density at radius 2 is 1.91 bits per heavy atom. The fourth-order valence-corrected chi connectivity index (χ4v) is 3.65. The van der Waals surface area contributed by atoms with Crippen LogP contribution < -0.4 is 5.32 Å². The summed E-state index contributed by atoms with van der Waals surface area (Å²) in [5.41, 5.74) is 0. The van der Waals surface area contributed by atoms with Crippen LogP contribution in [0.15, 0.2) is 0 Å². The second-order valence-corrected chi connectivity index (χ2v) is 4.61. The van der Waals surface area contributed by atoms with Gasteiger partial charge in [0.05, 0.1) is 0 Å². The largest absolute Gasteiger partial charge is 0.314 e. The Morgan fingerprint density at radius 3 is 2.82 bits per heavy atom. The van der Waals surface area contributed by atoms with Gasteiger partial charge in [-0.15, -0.1) is 0 Å². The maximum atomic E-state index is 3.68. The molecule has 1 heteroatoms. The number of nitrogens with one attached hydrogen (secondary N) is 1. The van der Waals surface area contributed by atoms with E-state index < -0.39 is 0 Å². The number of rotatable bonds is 0. The van der Waals surface area contributed by atoms with Crippen LogP contribution in [0.4, 0.5) is 0 Å². The quantitative estimate of drug-likeness (QED) is 0.556. The fourth-order valence-electron chi connectivity index (χ4n) is 3.65. The van der Waals surface area contributed by atoms with Gasteiger partial charge in [-0.25, -0.2) is 0 Å². The molecule has 1 saturated heterocycles. The summed E-state index contributed by atoms with van der Waals surface area (Å²) in [7, 11) is 0. The molecular weight excluding hydrogens is 134 g/mol. The highest BCUT2D eigenvalue weighted by Gasteiger charge is 2.48. The highest BCUT2D eigenvalue weighted by Crippen LogP contribution is 2.52. The van der Waals surface area contributed by atoms with E-state index in [1.165, 1.54) is 25.8 Å². The summed E-state index contributed by atoms with van der Waals surface area (Å²) in [5.74, 6) is 3.37. The first kappa shape index (κ1) is 6.47. The molecule has 0 amide bonds. The molecule has 3 aliphatic rings. The van der Waals surface area contributed by atoms with Crippen molar-refractivity contribution >= 4 is 0 Å². The van der Waals surface area contributed by atoms with Gasteiger partial charge in [0.2, 0.25) is 0 Å². The summed E-state index contributed by atoms with van der Waals surface area (Å²) < 4.78 is 0. The van der Waals surface area contributed by atoms with E-state index in [4.69, 9.17) is 0 Å². The third-order valence-corrected chi connectivity index (χ3v) is 4.17. The molecule has 1 aliphatic heterocycles. The lowest BCUT2D eigenvalue weighted by Gasteiger charge is -2.55. The van der Waals surface area contributed by atoms with Crippen molar-refractivity contribution in [2.75, 3.05) is 6.54 Å². The lowest BCUT2D eigenvalue weighted by atomic mass is 9.54. The van der Waals surface area contributed by atoms with Crippen LogP contribution in [0.5, 0.6) is 0 Å². The molecular formula is C10H17N. The molecule has 1 N–H and O–H groups in total. The Morgan fingerprint density at radius 1 is 1.00 bits per heavy atom. The van der Waals surface area contributed by atoms with Crippen LogP contribution in [0.1, 0.15) is 32.1 Å². The molecule has 62 valence electrons. The Kier molecular flexibility index (Phi) is 1.31. The zero-order chi connectivity index (χ0) is 7.26. The summed E-state index contributed by atoms with van der Waals surface area (Å²) in [6.45, 7) is 1.30. The van der Waals surface area contributed by atoms with E-state index in [1.807, 2.05) is 0 Å². The van der Waals surface area contributed by atoms with Gasteiger partial charge < -0.3 is 5.32 Å². The molecule has 1 nitrogen and oxygen atoms in total. The van der Waals surface area contributed by atoms with Gasteiger partial charge in [-0.05, 0) is 43.6 Å². The third kappa shape index (κ3) is 0.807. The van der Waals surface area contributed by atoms with Crippen LogP contribution in [0, 0.1) is 17.8 Å². The maximum absolute atomic E-state index is 3.68. The average Bonchev–Trinajstić information content (AvgIpc) is 2.01. The molecule has 2 saturated carbocycles. The molecule has 0 radical (unpaired) electrons. The summed E-state index contributed by atoms with van der Waals surface area (Å²) in [4.78, 5) is 0. The third-order valence-electron chi connectivity index (χ3n) is 4.17. The topological polar surface area (TPSA) is 12.0 Å². The zero-order valence-electron chi connectivity index (χ0n) is 7.05. The van der Waals surface area contributed by atoms with Crippen molar-refractivity contribution in [1.29, 1.82) is 0 Å². The van der Waals surface area contributed by atoms with Crippen LogP contribution >= 0.6 is 0 Å². The molecule has 0 bridgehead atoms. The second-order valence-electron chi connectivity index (χ2n) is 4.61. The van der Waals surface area contributed by atoms with Gasteiger partial charge in [0.25, 0.3) is 0 Å². The van der Waals surface area contributed by atoms with Gasteiger partial charge >= 0.3 is 0 Å². The summed E-state index contributed by atoms with van der Waals surface area (Å²) >= 11 is 0. The predicted octanol–water partition coefficient (Wildman–Crippen LogP) is 1.78. The van der Waals surface area contributed by atoms with Gasteiger partial charge in [0, 0.05) is 6.04 Å². The molecule has 4 unspecified atom stereocenters. The minimum absolute atomic E-state index is 0.932. The van der Waals surface area contributed by atoms with Gasteiger partial charge in [-0.3, -0.25) is 0 Å². The molecule has 3 fully saturated rings. The minimum Gasteiger partial charge on any atom is -0.314 e. The molecule has 0 aromatic heterocycles. The molecule has 3 rings (SSSR count). The van der Waals surface area contributed by atoms with Crippen molar-refractivity contribution in [2.45, 2.75) is 38.1 Å². The van der Waals surface area contributed by atoms with Crippen LogP contribution in [-0.2, 0) is 0 Å². The highest BCUT2D eigenvalue weighted by atomic mass is 15.0. The predicted molar refractivity (Wildman–Crippen MR) is 45.3 cm³/mol. The monoisotopic (exact) mass is 151 g/mol. The SMILES string of the molecule is C1CC2CC3CCNC(C1)C23. The van der Waals surface area contributed by atoms with Crippen LogP contribution in [0.25, 0.3) is 0 Å². The van der Waals surface area contributed by atoms with Gasteiger partial charge in [0.15, 0.2) is 0 Å². The number of hydrogen-bond donors (Lipinski definition) is 1. The fraction of sp³-hybridized carbons (Fsp3) is 1.00. The first-order valence-electron chi connectivity index (χ1n) is 5.18. The van der Waals surface area contributed by atoms with Crippen molar-refractivity contribution in [2.24, 2.45) is 17.8 Å². The second kappa shape index (κ2) is 2.22. The van der Waals surface area contributed by atoms with E-state index in [2.05, 4.69) is 5.32 Å². The highest BCUT2D eigenvalue weighted by molar-refractivity contribution is 5.01. The van der Waals surface area contributed by atoms with E-state index in [0.29, 0.717) is 0 Å². The first-order chi connectivity index (χ1) is 5.45. The van der Waals surface area contributed by atoms with Gasteiger partial charge in [-0.2, -0.15) is 0 Å². The van der Waals surface area contributed by atoms with E-state index in [1.54, 1.807) is 12.8 Å². The molecule has 0 aromatic rings. The lowest BCUT2D eigenvalue weighted by molar-refractivity contribution is -0.0269. The minimum atomic E-state index is 0.932. The van der Waals surface area contributed by atoms with Crippen molar-refractivity contribution in [1.82, 2.24) is 5.32 Å². The first-order valence-corrected chi connectivity index (χ1v) is 5.18. The Labute approximate surface area is 68.6 Å². The summed E-state index contributed by atoms with van der Waals surface area (Å²) in [6.07, 6.45) is 7.54. The van der Waals surface area contributed by atoms with Crippen molar-refractivity contribution in [3.05, 3.63) is 0 Å². The van der Waals surface area contributed by atoms with E-state index in [0.717, 1.165) is 23.8 Å². The Bertz CT molecular complexity index is 150. The molecule has 0 spiro atoms. The standard InChI is InChI=1S/C10H17N/c1-2-7-6-8-4-5-11-9(3-1)10(7)8/h7-11H,1-6H2. The molecule has 0 aromatic carbocycles. The summed E-state index contributed by atoms with van der Waals surface area (Å²) in [5, 5.41) is 3.68. The summed E-state index contributed by atoms with van der Waals surface area (Å²) in [6, 6.07) is 0.932. The molecule has 2 aliphatic carbocycles. The van der Waals surface area contributed by atoms with Crippen molar-refractivity contribution < 1.29 is 0 Å². The van der Waals surface area contributed by atoms with Crippen LogP contribution in [0.3, 0.4) is 0 Å². The van der Waals surface area contributed by atoms with Gasteiger partial charge in [0.1, 0.15) is 0 Å².